The zero-order chi connectivity index (χ0) is 5.70. The third-order valence-electron chi connectivity index (χ3n) is 0.638. The molecule has 0 amide bonds. The minimum atomic E-state index is 0.218. The van der Waals surface area contributed by atoms with E-state index < -0.39 is 0 Å². The van der Waals surface area contributed by atoms with Gasteiger partial charge < -0.3 is 0 Å². The standard InChI is InChI=1S/C5H10STe/c1-4-5(6-2)7-3/h4H,1-3H3/b5-4+. The molecule has 0 aliphatic carbocycles. The van der Waals surface area contributed by atoms with Gasteiger partial charge in [0.1, 0.15) is 0 Å². The van der Waals surface area contributed by atoms with Gasteiger partial charge >= 0.3 is 59.9 Å². The Morgan fingerprint density at radius 1 is 1.71 bits per heavy atom. The van der Waals surface area contributed by atoms with Crippen LogP contribution in [0.25, 0.3) is 0 Å². The van der Waals surface area contributed by atoms with Crippen LogP contribution in [0.4, 0.5) is 0 Å². The summed E-state index contributed by atoms with van der Waals surface area (Å²) < 4.78 is 1.60. The molecule has 0 fully saturated rings. The van der Waals surface area contributed by atoms with Gasteiger partial charge in [-0.25, -0.2) is 0 Å². The van der Waals surface area contributed by atoms with Crippen LogP contribution in [0, 0.1) is 0 Å². The maximum atomic E-state index is 2.30. The number of hydrogen-bond acceptors (Lipinski definition) is 1. The summed E-state index contributed by atoms with van der Waals surface area (Å²) in [6, 6.07) is 0. The van der Waals surface area contributed by atoms with Crippen LogP contribution in [0.2, 0.25) is 4.97 Å². The Kier molecular flexibility index (Phi) is 5.66. The first kappa shape index (κ1) is 7.88. The summed E-state index contributed by atoms with van der Waals surface area (Å²) in [5.41, 5.74) is 0. The van der Waals surface area contributed by atoms with Gasteiger partial charge in [-0.2, -0.15) is 0 Å². The monoisotopic (exact) mass is 232 g/mol. The van der Waals surface area contributed by atoms with Gasteiger partial charge in [0, 0.05) is 0 Å². The molecule has 0 saturated heterocycles. The van der Waals surface area contributed by atoms with Crippen LogP contribution in [-0.4, -0.2) is 27.2 Å². The first-order valence-electron chi connectivity index (χ1n) is 2.09. The molecule has 0 aliphatic rings. The second kappa shape index (κ2) is 5.02. The molecule has 0 spiro atoms. The predicted molar refractivity (Wildman–Crippen MR) is 38.9 cm³/mol. The second-order valence-corrected chi connectivity index (χ2v) is 5.09. The second-order valence-electron chi connectivity index (χ2n) is 1.02. The molecular weight excluding hydrogens is 220 g/mol. The molecule has 0 heterocycles. The van der Waals surface area contributed by atoms with Gasteiger partial charge in [0.05, 0.1) is 0 Å². The number of thioether (sulfide) groups is 1. The molecule has 0 N–H and O–H groups in total. The van der Waals surface area contributed by atoms with Crippen molar-refractivity contribution in [2.24, 2.45) is 0 Å². The summed E-state index contributed by atoms with van der Waals surface area (Å²) in [6.07, 6.45) is 4.36. The van der Waals surface area contributed by atoms with E-state index in [9.17, 15) is 0 Å². The fourth-order valence-electron chi connectivity index (χ4n) is 0.319. The average molecular weight is 230 g/mol. The molecule has 0 saturated carbocycles. The van der Waals surface area contributed by atoms with Crippen LogP contribution in [0.1, 0.15) is 6.92 Å². The summed E-state index contributed by atoms with van der Waals surface area (Å²) >= 11 is 2.11. The molecule has 0 radical (unpaired) electrons. The Labute approximate surface area is 59.8 Å². The molecule has 0 nitrogen and oxygen atoms in total. The van der Waals surface area contributed by atoms with Crippen molar-refractivity contribution >= 4 is 32.7 Å². The fraction of sp³-hybridized carbons (Fsp3) is 0.600. The Bertz CT molecular complexity index is 62.5. The molecule has 0 aromatic carbocycles. The minimum absolute atomic E-state index is 0.218. The van der Waals surface area contributed by atoms with Crippen LogP contribution in [0.15, 0.2) is 9.03 Å². The van der Waals surface area contributed by atoms with Crippen LogP contribution < -0.4 is 0 Å². The third kappa shape index (κ3) is 3.46. The normalized spacial score (nSPS) is 12.1. The Morgan fingerprint density at radius 3 is 2.29 bits per heavy atom. The van der Waals surface area contributed by atoms with E-state index >= 15 is 0 Å². The van der Waals surface area contributed by atoms with Gasteiger partial charge in [-0.15, -0.1) is 0 Å². The van der Waals surface area contributed by atoms with Gasteiger partial charge in [-0.1, -0.05) is 0 Å². The van der Waals surface area contributed by atoms with Crippen molar-refractivity contribution in [3.63, 3.8) is 0 Å². The SMILES string of the molecule is C/C=C(\SC)[Te]C. The van der Waals surface area contributed by atoms with Gasteiger partial charge in [0.2, 0.25) is 0 Å². The molecule has 2 heteroatoms. The van der Waals surface area contributed by atoms with Gasteiger partial charge in [0.15, 0.2) is 0 Å². The van der Waals surface area contributed by atoms with Gasteiger partial charge in [-0.3, -0.25) is 0 Å². The van der Waals surface area contributed by atoms with E-state index in [4.69, 9.17) is 0 Å². The first-order chi connectivity index (χ1) is 3.35. The predicted octanol–water partition coefficient (Wildman–Crippen LogP) is 1.96. The van der Waals surface area contributed by atoms with Crippen LogP contribution in [0.5, 0.6) is 0 Å². The third-order valence-corrected chi connectivity index (χ3v) is 5.64. The summed E-state index contributed by atoms with van der Waals surface area (Å²) in [6.45, 7) is 2.11. The van der Waals surface area contributed by atoms with E-state index in [0.717, 1.165) is 0 Å². The average Bonchev–Trinajstić information content (AvgIpc) is 1.72. The van der Waals surface area contributed by atoms with Crippen LogP contribution in [0.3, 0.4) is 0 Å². The number of allylic oxidation sites excluding steroid dienone is 1. The van der Waals surface area contributed by atoms with Crippen LogP contribution >= 0.6 is 11.8 Å². The molecule has 7 heavy (non-hydrogen) atoms. The molecule has 0 rings (SSSR count). The molecule has 42 valence electrons. The Balaban J connectivity index is 3.38. The van der Waals surface area contributed by atoms with Gasteiger partial charge in [-0.05, 0) is 0 Å². The van der Waals surface area contributed by atoms with Crippen molar-refractivity contribution in [2.45, 2.75) is 11.9 Å². The van der Waals surface area contributed by atoms with E-state index in [1.807, 2.05) is 11.8 Å². The van der Waals surface area contributed by atoms with Crippen LogP contribution in [-0.2, 0) is 0 Å². The molecule has 0 aromatic rings. The molecular formula is C5H10STe. The number of rotatable bonds is 2. The maximum absolute atomic E-state index is 2.30. The summed E-state index contributed by atoms with van der Waals surface area (Å²) in [5.74, 6) is 0. The van der Waals surface area contributed by atoms with E-state index in [0.29, 0.717) is 0 Å². The summed E-state index contributed by atoms with van der Waals surface area (Å²) in [4.78, 5) is 2.30. The van der Waals surface area contributed by atoms with E-state index in [1.165, 1.54) is 0 Å². The van der Waals surface area contributed by atoms with Gasteiger partial charge in [0.25, 0.3) is 0 Å². The quantitative estimate of drug-likeness (QED) is 0.653. The summed E-state index contributed by atoms with van der Waals surface area (Å²) in [5, 5.41) is 0. The van der Waals surface area contributed by atoms with Crippen molar-refractivity contribution in [3.8, 4) is 0 Å². The zero-order valence-electron chi connectivity index (χ0n) is 4.89. The van der Waals surface area contributed by atoms with Crippen molar-refractivity contribution in [1.29, 1.82) is 0 Å². The summed E-state index contributed by atoms with van der Waals surface area (Å²) in [7, 11) is 0. The molecule has 0 unspecified atom stereocenters. The zero-order valence-corrected chi connectivity index (χ0v) is 8.04. The molecule has 0 aromatic heterocycles. The van der Waals surface area contributed by atoms with E-state index in [-0.39, 0.29) is 20.9 Å². The molecule has 0 aliphatic heterocycles. The first-order valence-corrected chi connectivity index (χ1v) is 6.81. The Hall–Kier alpha value is 0.880. The van der Waals surface area contributed by atoms with E-state index in [1.54, 1.807) is 2.95 Å². The van der Waals surface area contributed by atoms with E-state index in [2.05, 4.69) is 24.2 Å². The molecule has 0 atom stereocenters. The fourth-order valence-corrected chi connectivity index (χ4v) is 2.82. The van der Waals surface area contributed by atoms with Crippen molar-refractivity contribution in [1.82, 2.24) is 0 Å². The van der Waals surface area contributed by atoms with Crippen molar-refractivity contribution in [2.75, 3.05) is 6.26 Å². The Morgan fingerprint density at radius 2 is 2.29 bits per heavy atom. The van der Waals surface area contributed by atoms with Crippen molar-refractivity contribution in [3.05, 3.63) is 9.03 Å². The topological polar surface area (TPSA) is 0 Å². The van der Waals surface area contributed by atoms with Crippen molar-refractivity contribution < 1.29 is 0 Å². The molecule has 0 bridgehead atoms. The number of hydrogen-bond donors (Lipinski definition) is 0.